The third-order valence-electron chi connectivity index (χ3n) is 2.79. The first-order chi connectivity index (χ1) is 9.06. The molecule has 2 rings (SSSR count). The monoisotopic (exact) mass is 267 g/mol. The summed E-state index contributed by atoms with van der Waals surface area (Å²) in [6.07, 6.45) is 2.58. The van der Waals surface area contributed by atoms with Gasteiger partial charge in [0.15, 0.2) is 0 Å². The highest BCUT2D eigenvalue weighted by molar-refractivity contribution is 5.90. The van der Waals surface area contributed by atoms with E-state index in [1.807, 2.05) is 0 Å². The van der Waals surface area contributed by atoms with Crippen molar-refractivity contribution in [1.29, 1.82) is 0 Å². The van der Waals surface area contributed by atoms with Gasteiger partial charge in [0, 0.05) is 36.8 Å². The fourth-order valence-electron chi connectivity index (χ4n) is 1.63. The second-order valence-corrected chi connectivity index (χ2v) is 4.45. The zero-order valence-electron chi connectivity index (χ0n) is 10.2. The van der Waals surface area contributed by atoms with Crippen LogP contribution in [0.3, 0.4) is 0 Å². The number of benzene rings is 1. The summed E-state index contributed by atoms with van der Waals surface area (Å²) >= 11 is 0. The smallest absolute Gasteiger partial charge is 0.304 e. The third-order valence-corrected chi connectivity index (χ3v) is 2.79. The van der Waals surface area contributed by atoms with Crippen molar-refractivity contribution < 1.29 is 14.1 Å². The summed E-state index contributed by atoms with van der Waals surface area (Å²) in [5.74, 6) is -1.21. The van der Waals surface area contributed by atoms with Crippen LogP contribution in [0, 0.1) is 15.9 Å². The average Bonchev–Trinajstić information content (AvgIpc) is 3.12. The van der Waals surface area contributed by atoms with Crippen LogP contribution in [0.4, 0.5) is 15.8 Å². The molecule has 0 heterocycles. The lowest BCUT2D eigenvalue weighted by atomic mass is 10.2. The molecule has 0 radical (unpaired) electrons. The molecule has 6 nitrogen and oxygen atoms in total. The summed E-state index contributed by atoms with van der Waals surface area (Å²) in [5.41, 5.74) is -0.382. The molecule has 1 aromatic carbocycles. The fourth-order valence-corrected chi connectivity index (χ4v) is 1.63. The van der Waals surface area contributed by atoms with Crippen molar-refractivity contribution >= 4 is 17.3 Å². The van der Waals surface area contributed by atoms with Crippen LogP contribution in [-0.2, 0) is 4.79 Å². The number of rotatable bonds is 6. The van der Waals surface area contributed by atoms with E-state index in [0.717, 1.165) is 25.0 Å². The van der Waals surface area contributed by atoms with Gasteiger partial charge in [-0.25, -0.2) is 0 Å². The van der Waals surface area contributed by atoms with E-state index >= 15 is 0 Å². The minimum atomic E-state index is -0.959. The Hall–Kier alpha value is -2.02. The van der Waals surface area contributed by atoms with E-state index in [1.54, 1.807) is 0 Å². The SMILES string of the molecule is O=C(CCNC1CC1)Nc1ccc([N+](=O)[O-])c(F)c1. The molecule has 0 aromatic heterocycles. The van der Waals surface area contributed by atoms with Gasteiger partial charge in [0.05, 0.1) is 4.92 Å². The second kappa shape index (κ2) is 5.75. The maximum Gasteiger partial charge on any atom is 0.304 e. The van der Waals surface area contributed by atoms with Crippen molar-refractivity contribution in [2.75, 3.05) is 11.9 Å². The Morgan fingerprint density at radius 1 is 1.47 bits per heavy atom. The quantitative estimate of drug-likeness (QED) is 0.608. The van der Waals surface area contributed by atoms with Gasteiger partial charge in [0.25, 0.3) is 0 Å². The summed E-state index contributed by atoms with van der Waals surface area (Å²) < 4.78 is 13.3. The van der Waals surface area contributed by atoms with Gasteiger partial charge < -0.3 is 10.6 Å². The zero-order valence-corrected chi connectivity index (χ0v) is 10.2. The van der Waals surface area contributed by atoms with Crippen molar-refractivity contribution in [3.8, 4) is 0 Å². The summed E-state index contributed by atoms with van der Waals surface area (Å²) in [7, 11) is 0. The lowest BCUT2D eigenvalue weighted by Gasteiger charge is -2.06. The van der Waals surface area contributed by atoms with Crippen LogP contribution >= 0.6 is 0 Å². The molecule has 1 amide bonds. The van der Waals surface area contributed by atoms with Gasteiger partial charge in [-0.1, -0.05) is 0 Å². The van der Waals surface area contributed by atoms with Crippen molar-refractivity contribution in [3.63, 3.8) is 0 Å². The molecule has 0 spiro atoms. The Bertz CT molecular complexity index is 503. The Labute approximate surface area is 109 Å². The van der Waals surface area contributed by atoms with Gasteiger partial charge >= 0.3 is 5.69 Å². The van der Waals surface area contributed by atoms with Crippen LogP contribution in [0.5, 0.6) is 0 Å². The first-order valence-corrected chi connectivity index (χ1v) is 6.03. The van der Waals surface area contributed by atoms with Gasteiger partial charge in [-0.05, 0) is 18.9 Å². The van der Waals surface area contributed by atoms with Gasteiger partial charge in [0.1, 0.15) is 0 Å². The Balaban J connectivity index is 1.85. The molecule has 7 heteroatoms. The van der Waals surface area contributed by atoms with Crippen LogP contribution < -0.4 is 10.6 Å². The maximum atomic E-state index is 13.3. The van der Waals surface area contributed by atoms with Gasteiger partial charge in [-0.2, -0.15) is 4.39 Å². The topological polar surface area (TPSA) is 84.3 Å². The normalized spacial score (nSPS) is 14.2. The van der Waals surface area contributed by atoms with Crippen molar-refractivity contribution in [1.82, 2.24) is 5.32 Å². The molecule has 0 unspecified atom stereocenters. The molecule has 0 atom stereocenters. The number of hydrogen-bond donors (Lipinski definition) is 2. The maximum absolute atomic E-state index is 13.3. The van der Waals surface area contributed by atoms with Crippen molar-refractivity contribution in [3.05, 3.63) is 34.1 Å². The van der Waals surface area contributed by atoms with E-state index < -0.39 is 16.4 Å². The first kappa shape index (κ1) is 13.4. The van der Waals surface area contributed by atoms with Gasteiger partial charge in [0.2, 0.25) is 11.7 Å². The first-order valence-electron chi connectivity index (χ1n) is 6.03. The van der Waals surface area contributed by atoms with Crippen LogP contribution in [0.1, 0.15) is 19.3 Å². The van der Waals surface area contributed by atoms with E-state index in [0.29, 0.717) is 12.6 Å². The molecule has 2 N–H and O–H groups in total. The molecule has 1 fully saturated rings. The molecule has 102 valence electrons. The Morgan fingerprint density at radius 2 is 2.21 bits per heavy atom. The number of nitro benzene ring substituents is 1. The number of nitro groups is 1. The molecule has 0 bridgehead atoms. The lowest BCUT2D eigenvalue weighted by Crippen LogP contribution is -2.23. The number of hydrogen-bond acceptors (Lipinski definition) is 4. The molecular formula is C12H14FN3O3. The number of nitrogens with one attached hydrogen (secondary N) is 2. The summed E-state index contributed by atoms with van der Waals surface area (Å²) in [4.78, 5) is 21.2. The third kappa shape index (κ3) is 3.99. The fraction of sp³-hybridized carbons (Fsp3) is 0.417. The van der Waals surface area contributed by atoms with Crippen LogP contribution in [0.25, 0.3) is 0 Å². The lowest BCUT2D eigenvalue weighted by molar-refractivity contribution is -0.387. The van der Waals surface area contributed by atoms with Gasteiger partial charge in [-0.3, -0.25) is 14.9 Å². The highest BCUT2D eigenvalue weighted by Gasteiger charge is 2.20. The number of amides is 1. The second-order valence-electron chi connectivity index (χ2n) is 4.45. The highest BCUT2D eigenvalue weighted by atomic mass is 19.1. The molecule has 1 saturated carbocycles. The molecule has 1 aliphatic carbocycles. The van der Waals surface area contributed by atoms with Crippen molar-refractivity contribution in [2.24, 2.45) is 0 Å². The highest BCUT2D eigenvalue weighted by Crippen LogP contribution is 2.21. The van der Waals surface area contributed by atoms with E-state index in [-0.39, 0.29) is 18.0 Å². The van der Waals surface area contributed by atoms with Gasteiger partial charge in [-0.15, -0.1) is 0 Å². The number of nitrogens with zero attached hydrogens (tertiary/aromatic N) is 1. The molecule has 1 aromatic rings. The summed E-state index contributed by atoms with van der Waals surface area (Å²) in [6, 6.07) is 3.83. The van der Waals surface area contributed by atoms with E-state index in [2.05, 4.69) is 10.6 Å². The van der Waals surface area contributed by atoms with E-state index in [9.17, 15) is 19.3 Å². The minimum Gasteiger partial charge on any atom is -0.326 e. The number of carbonyl (C=O) groups excluding carboxylic acids is 1. The molecule has 19 heavy (non-hydrogen) atoms. The molecule has 0 saturated heterocycles. The van der Waals surface area contributed by atoms with E-state index in [4.69, 9.17) is 0 Å². The molecular weight excluding hydrogens is 253 g/mol. The molecule has 1 aliphatic rings. The predicted molar refractivity (Wildman–Crippen MR) is 67.3 cm³/mol. The van der Waals surface area contributed by atoms with Crippen molar-refractivity contribution in [2.45, 2.75) is 25.3 Å². The van der Waals surface area contributed by atoms with Crippen LogP contribution in [-0.4, -0.2) is 23.4 Å². The average molecular weight is 267 g/mol. The summed E-state index contributed by atoms with van der Waals surface area (Å²) in [6.45, 7) is 0.575. The van der Waals surface area contributed by atoms with E-state index in [1.165, 1.54) is 6.07 Å². The van der Waals surface area contributed by atoms with Crippen LogP contribution in [0.2, 0.25) is 0 Å². The number of carbonyl (C=O) groups is 1. The standard InChI is InChI=1S/C12H14FN3O3/c13-10-7-9(3-4-11(10)16(18)19)15-12(17)5-6-14-8-1-2-8/h3-4,7-8,14H,1-2,5-6H2,(H,15,17). The number of halogens is 1. The summed E-state index contributed by atoms with van der Waals surface area (Å²) in [5, 5.41) is 16.1. The minimum absolute atomic E-state index is 0.222. The largest absolute Gasteiger partial charge is 0.326 e. The van der Waals surface area contributed by atoms with Crippen LogP contribution in [0.15, 0.2) is 18.2 Å². The number of anilines is 1. The Kier molecular flexibility index (Phi) is 4.06. The predicted octanol–water partition coefficient (Wildman–Crippen LogP) is 1.81. The zero-order chi connectivity index (χ0) is 13.8. The molecule has 0 aliphatic heterocycles. The Morgan fingerprint density at radius 3 is 2.79 bits per heavy atom.